The number of amides is 2. The Kier molecular flexibility index (Phi) is 7.78. The molecule has 0 radical (unpaired) electrons. The third-order valence-electron chi connectivity index (χ3n) is 5.69. The highest BCUT2D eigenvalue weighted by molar-refractivity contribution is 7.10. The van der Waals surface area contributed by atoms with Crippen LogP contribution in [0.15, 0.2) is 35.7 Å². The highest BCUT2D eigenvalue weighted by Gasteiger charge is 2.34. The minimum atomic E-state index is -0.168. The Morgan fingerprint density at radius 2 is 2.00 bits per heavy atom. The highest BCUT2D eigenvalue weighted by Crippen LogP contribution is 2.34. The van der Waals surface area contributed by atoms with Crippen LogP contribution in [0.1, 0.15) is 50.1 Å². The summed E-state index contributed by atoms with van der Waals surface area (Å²) in [6.07, 6.45) is 2.05. The molecular formula is C23H29ClN2O3S. The number of nitrogens with zero attached hydrogens (tertiary/aromatic N) is 2. The normalized spacial score (nSPS) is 16.7. The summed E-state index contributed by atoms with van der Waals surface area (Å²) >= 11 is 7.68. The first kappa shape index (κ1) is 22.6. The van der Waals surface area contributed by atoms with Gasteiger partial charge in [-0.1, -0.05) is 25.4 Å². The van der Waals surface area contributed by atoms with E-state index in [0.29, 0.717) is 24.6 Å². The van der Waals surface area contributed by atoms with Crippen molar-refractivity contribution >= 4 is 34.8 Å². The van der Waals surface area contributed by atoms with Gasteiger partial charge in [0, 0.05) is 28.9 Å². The van der Waals surface area contributed by atoms with E-state index in [4.69, 9.17) is 16.3 Å². The van der Waals surface area contributed by atoms with Gasteiger partial charge in [0.15, 0.2) is 0 Å². The van der Waals surface area contributed by atoms with E-state index in [0.717, 1.165) is 24.2 Å². The fourth-order valence-corrected chi connectivity index (χ4v) is 4.78. The van der Waals surface area contributed by atoms with Crippen LogP contribution in [0.2, 0.25) is 5.02 Å². The van der Waals surface area contributed by atoms with Gasteiger partial charge in [-0.2, -0.15) is 0 Å². The predicted molar refractivity (Wildman–Crippen MR) is 121 cm³/mol. The first-order valence-corrected chi connectivity index (χ1v) is 11.7. The Balaban J connectivity index is 1.77. The Labute approximate surface area is 187 Å². The molecular weight excluding hydrogens is 420 g/mol. The van der Waals surface area contributed by atoms with Gasteiger partial charge in [0.1, 0.15) is 18.9 Å². The maximum atomic E-state index is 13.3. The van der Waals surface area contributed by atoms with E-state index in [2.05, 4.69) is 11.4 Å². The molecule has 0 N–H and O–H groups in total. The number of ether oxygens (including phenoxy) is 1. The quantitative estimate of drug-likeness (QED) is 0.574. The molecule has 1 aliphatic rings. The second-order valence-corrected chi connectivity index (χ2v) is 8.99. The Morgan fingerprint density at radius 3 is 2.67 bits per heavy atom. The number of hydrogen-bond acceptors (Lipinski definition) is 4. The second kappa shape index (κ2) is 10.3. The molecule has 7 heteroatoms. The van der Waals surface area contributed by atoms with Crippen LogP contribution in [0.25, 0.3) is 0 Å². The summed E-state index contributed by atoms with van der Waals surface area (Å²) in [5, 5.41) is 2.72. The van der Waals surface area contributed by atoms with Crippen molar-refractivity contribution in [3.8, 4) is 5.75 Å². The second-order valence-electron chi connectivity index (χ2n) is 7.55. The molecule has 1 aromatic carbocycles. The number of hydrogen-bond donors (Lipinski definition) is 0. The molecule has 1 aliphatic heterocycles. The maximum absolute atomic E-state index is 13.3. The summed E-state index contributed by atoms with van der Waals surface area (Å²) in [6.45, 7) is 6.97. The molecule has 30 heavy (non-hydrogen) atoms. The van der Waals surface area contributed by atoms with Gasteiger partial charge < -0.3 is 14.5 Å². The van der Waals surface area contributed by atoms with E-state index in [1.165, 1.54) is 4.88 Å². The average Bonchev–Trinajstić information content (AvgIpc) is 3.24. The number of carbonyl (C=O) groups is 2. The number of fused-ring (bicyclic) bond motifs is 1. The van der Waals surface area contributed by atoms with Crippen molar-refractivity contribution in [1.29, 1.82) is 0 Å². The number of thiophene rings is 1. The van der Waals surface area contributed by atoms with Crippen LogP contribution in [0.3, 0.4) is 0 Å². The molecule has 0 aliphatic carbocycles. The molecule has 0 saturated heterocycles. The molecule has 2 heterocycles. The zero-order chi connectivity index (χ0) is 21.7. The zero-order valence-electron chi connectivity index (χ0n) is 17.8. The molecule has 0 unspecified atom stereocenters. The van der Waals surface area contributed by atoms with Crippen LogP contribution >= 0.6 is 22.9 Å². The largest absolute Gasteiger partial charge is 0.491 e. The zero-order valence-corrected chi connectivity index (χ0v) is 19.3. The van der Waals surface area contributed by atoms with E-state index in [1.807, 2.05) is 37.8 Å². The molecule has 2 atom stereocenters. The van der Waals surface area contributed by atoms with Crippen molar-refractivity contribution in [1.82, 2.24) is 9.80 Å². The van der Waals surface area contributed by atoms with Gasteiger partial charge >= 0.3 is 0 Å². The third kappa shape index (κ3) is 5.16. The molecule has 0 bridgehead atoms. The van der Waals surface area contributed by atoms with Crippen molar-refractivity contribution in [2.45, 2.75) is 52.1 Å². The molecule has 0 fully saturated rings. The van der Waals surface area contributed by atoms with E-state index in [1.54, 1.807) is 28.4 Å². The molecule has 2 aromatic rings. The predicted octanol–water partition coefficient (Wildman–Crippen LogP) is 4.94. The lowest BCUT2D eigenvalue weighted by atomic mass is 10.00. The smallest absolute Gasteiger partial charge is 0.242 e. The third-order valence-corrected chi connectivity index (χ3v) is 6.94. The van der Waals surface area contributed by atoms with E-state index in [-0.39, 0.29) is 30.4 Å². The van der Waals surface area contributed by atoms with E-state index < -0.39 is 0 Å². The lowest BCUT2D eigenvalue weighted by Crippen LogP contribution is -2.49. The summed E-state index contributed by atoms with van der Waals surface area (Å²) in [5.41, 5.74) is 1.14. The summed E-state index contributed by atoms with van der Waals surface area (Å²) < 4.78 is 6.02. The van der Waals surface area contributed by atoms with Crippen LogP contribution in [0.5, 0.6) is 5.75 Å². The minimum absolute atomic E-state index is 0.0138. The summed E-state index contributed by atoms with van der Waals surface area (Å²) in [7, 11) is 0. The first-order chi connectivity index (χ1) is 14.4. The van der Waals surface area contributed by atoms with Crippen LogP contribution in [-0.2, 0) is 16.0 Å². The van der Waals surface area contributed by atoms with Gasteiger partial charge in [-0.15, -0.1) is 11.3 Å². The van der Waals surface area contributed by atoms with Gasteiger partial charge in [-0.3, -0.25) is 9.59 Å². The van der Waals surface area contributed by atoms with Crippen LogP contribution < -0.4 is 4.74 Å². The fourth-order valence-electron chi connectivity index (χ4n) is 3.73. The number of rotatable bonds is 8. The van der Waals surface area contributed by atoms with Crippen molar-refractivity contribution < 1.29 is 14.3 Å². The summed E-state index contributed by atoms with van der Waals surface area (Å²) in [4.78, 5) is 30.6. The molecule has 0 saturated carbocycles. The lowest BCUT2D eigenvalue weighted by molar-refractivity contribution is -0.144. The molecule has 1 aromatic heterocycles. The average molecular weight is 449 g/mol. The highest BCUT2D eigenvalue weighted by atomic mass is 35.5. The van der Waals surface area contributed by atoms with Crippen LogP contribution in [0.4, 0.5) is 0 Å². The van der Waals surface area contributed by atoms with Crippen molar-refractivity contribution in [3.63, 3.8) is 0 Å². The van der Waals surface area contributed by atoms with Gasteiger partial charge in [0.05, 0.1) is 6.04 Å². The standard InChI is InChI=1S/C23H29ClN2O3S/c1-4-16(3)26(22(27)5-2)14-23(28)25-12-10-21-19(11-13-30-21)20(25)15-29-18-8-6-17(24)7-9-18/h6-9,11,13,16,20H,4-5,10,12,14-15H2,1-3H3/t16-,20+/m1/s1. The number of halogens is 1. The summed E-state index contributed by atoms with van der Waals surface area (Å²) in [5.74, 6) is 0.704. The number of carbonyl (C=O) groups excluding carboxylic acids is 2. The SMILES string of the molecule is CCC(=O)N(CC(=O)N1CCc2sccc2[C@@H]1COc1ccc(Cl)cc1)[C@H](C)CC. The van der Waals surface area contributed by atoms with Gasteiger partial charge in [-0.25, -0.2) is 0 Å². The minimum Gasteiger partial charge on any atom is -0.491 e. The monoisotopic (exact) mass is 448 g/mol. The number of benzene rings is 1. The van der Waals surface area contributed by atoms with Crippen molar-refractivity contribution in [3.05, 3.63) is 51.2 Å². The Bertz CT molecular complexity index is 868. The molecule has 2 amide bonds. The van der Waals surface area contributed by atoms with Gasteiger partial charge in [0.2, 0.25) is 11.8 Å². The molecule has 162 valence electrons. The van der Waals surface area contributed by atoms with E-state index >= 15 is 0 Å². The topological polar surface area (TPSA) is 49.9 Å². The molecule has 3 rings (SSSR count). The molecule has 5 nitrogen and oxygen atoms in total. The van der Waals surface area contributed by atoms with Crippen molar-refractivity contribution in [2.75, 3.05) is 19.7 Å². The Hall–Kier alpha value is -2.05. The lowest BCUT2D eigenvalue weighted by Gasteiger charge is -2.38. The Morgan fingerprint density at radius 1 is 1.27 bits per heavy atom. The molecule has 0 spiro atoms. The first-order valence-electron chi connectivity index (χ1n) is 10.5. The van der Waals surface area contributed by atoms with E-state index in [9.17, 15) is 9.59 Å². The van der Waals surface area contributed by atoms with Crippen LogP contribution in [0, 0.1) is 0 Å². The van der Waals surface area contributed by atoms with Gasteiger partial charge in [0.25, 0.3) is 0 Å². The fraction of sp³-hybridized carbons (Fsp3) is 0.478. The maximum Gasteiger partial charge on any atom is 0.242 e. The van der Waals surface area contributed by atoms with Gasteiger partial charge in [-0.05, 0) is 61.0 Å². The summed E-state index contributed by atoms with van der Waals surface area (Å²) in [6, 6.07) is 9.19. The van der Waals surface area contributed by atoms with Crippen molar-refractivity contribution in [2.24, 2.45) is 0 Å². The van der Waals surface area contributed by atoms with Crippen LogP contribution in [-0.4, -0.2) is 47.4 Å².